The molecule has 0 bridgehead atoms. The molecule has 0 atom stereocenters. The Labute approximate surface area is 189 Å². The zero-order valence-electron chi connectivity index (χ0n) is 17.2. The molecule has 9 heteroatoms. The van der Waals surface area contributed by atoms with Gasteiger partial charge in [0.1, 0.15) is 11.5 Å². The van der Waals surface area contributed by atoms with Gasteiger partial charge in [0.25, 0.3) is 0 Å². The third-order valence-corrected chi connectivity index (χ3v) is 6.27. The SMILES string of the molecule is COc1ccc(NC(=O)CSc2nc(CC(=O)NCc3cccc(OC)c3)cs2)cc1. The number of nitrogens with zero attached hydrogens (tertiary/aromatic N) is 1. The number of benzene rings is 2. The van der Waals surface area contributed by atoms with Gasteiger partial charge in [0, 0.05) is 17.6 Å². The minimum absolute atomic E-state index is 0.109. The molecule has 162 valence electrons. The molecule has 2 aromatic carbocycles. The van der Waals surface area contributed by atoms with Gasteiger partial charge in [-0.25, -0.2) is 4.98 Å². The average molecular weight is 458 g/mol. The Balaban J connectivity index is 1.41. The fraction of sp³-hybridized carbons (Fsp3) is 0.227. The smallest absolute Gasteiger partial charge is 0.234 e. The zero-order valence-corrected chi connectivity index (χ0v) is 18.8. The van der Waals surface area contributed by atoms with Crippen LogP contribution in [0.4, 0.5) is 5.69 Å². The predicted molar refractivity (Wildman–Crippen MR) is 123 cm³/mol. The summed E-state index contributed by atoms with van der Waals surface area (Å²) in [4.78, 5) is 28.8. The van der Waals surface area contributed by atoms with Gasteiger partial charge in [0.2, 0.25) is 11.8 Å². The lowest BCUT2D eigenvalue weighted by atomic mass is 10.2. The molecular formula is C22H23N3O4S2. The van der Waals surface area contributed by atoms with Gasteiger partial charge in [0.05, 0.1) is 32.1 Å². The number of anilines is 1. The van der Waals surface area contributed by atoms with E-state index in [9.17, 15) is 9.59 Å². The van der Waals surface area contributed by atoms with Crippen molar-refractivity contribution in [2.45, 2.75) is 17.3 Å². The van der Waals surface area contributed by atoms with Gasteiger partial charge >= 0.3 is 0 Å². The number of nitrogens with one attached hydrogen (secondary N) is 2. The summed E-state index contributed by atoms with van der Waals surface area (Å²) in [6.45, 7) is 0.424. The number of thiazole rings is 1. The minimum Gasteiger partial charge on any atom is -0.497 e. The summed E-state index contributed by atoms with van der Waals surface area (Å²) in [5.41, 5.74) is 2.36. The quantitative estimate of drug-likeness (QED) is 0.451. The molecular weight excluding hydrogens is 434 g/mol. The Morgan fingerprint density at radius 3 is 2.55 bits per heavy atom. The van der Waals surface area contributed by atoms with Crippen LogP contribution < -0.4 is 20.1 Å². The second kappa shape index (κ2) is 11.4. The van der Waals surface area contributed by atoms with E-state index in [1.54, 1.807) is 38.5 Å². The first-order chi connectivity index (χ1) is 15.1. The number of thioether (sulfide) groups is 1. The lowest BCUT2D eigenvalue weighted by Gasteiger charge is -2.06. The first kappa shape index (κ1) is 22.6. The van der Waals surface area contributed by atoms with Crippen LogP contribution in [0.5, 0.6) is 11.5 Å². The van der Waals surface area contributed by atoms with Crippen molar-refractivity contribution in [2.75, 3.05) is 25.3 Å². The molecule has 0 fully saturated rings. The number of methoxy groups -OCH3 is 2. The van der Waals surface area contributed by atoms with Gasteiger partial charge in [-0.15, -0.1) is 11.3 Å². The number of carbonyl (C=O) groups excluding carboxylic acids is 2. The van der Waals surface area contributed by atoms with Gasteiger partial charge in [-0.3, -0.25) is 9.59 Å². The molecule has 31 heavy (non-hydrogen) atoms. The molecule has 0 saturated carbocycles. The van der Waals surface area contributed by atoms with Crippen molar-refractivity contribution in [3.63, 3.8) is 0 Å². The highest BCUT2D eigenvalue weighted by molar-refractivity contribution is 8.01. The third kappa shape index (κ3) is 7.30. The third-order valence-electron chi connectivity index (χ3n) is 4.20. The van der Waals surface area contributed by atoms with E-state index in [-0.39, 0.29) is 24.0 Å². The van der Waals surface area contributed by atoms with Crippen molar-refractivity contribution in [3.8, 4) is 11.5 Å². The number of ether oxygens (including phenoxy) is 2. The van der Waals surface area contributed by atoms with E-state index >= 15 is 0 Å². The molecule has 7 nitrogen and oxygen atoms in total. The van der Waals surface area contributed by atoms with Crippen LogP contribution >= 0.6 is 23.1 Å². The Hall–Kier alpha value is -3.04. The summed E-state index contributed by atoms with van der Waals surface area (Å²) >= 11 is 2.77. The number of carbonyl (C=O) groups is 2. The van der Waals surface area contributed by atoms with Crippen LogP contribution in [-0.4, -0.2) is 36.8 Å². The number of hydrogen-bond acceptors (Lipinski definition) is 7. The van der Waals surface area contributed by atoms with E-state index in [1.807, 2.05) is 29.6 Å². The van der Waals surface area contributed by atoms with Crippen LogP contribution in [0, 0.1) is 0 Å². The highest BCUT2D eigenvalue weighted by Crippen LogP contribution is 2.23. The maximum absolute atomic E-state index is 12.2. The van der Waals surface area contributed by atoms with Crippen molar-refractivity contribution < 1.29 is 19.1 Å². The normalized spacial score (nSPS) is 10.4. The largest absolute Gasteiger partial charge is 0.497 e. The van der Waals surface area contributed by atoms with Crippen LogP contribution in [-0.2, 0) is 22.6 Å². The molecule has 2 amide bonds. The molecule has 0 aliphatic heterocycles. The standard InChI is InChI=1S/C22H23N3O4S2/c1-28-18-8-6-16(7-9-18)24-21(27)14-31-22-25-17(13-30-22)11-20(26)23-12-15-4-3-5-19(10-15)29-2/h3-10,13H,11-12,14H2,1-2H3,(H,23,26)(H,24,27). The van der Waals surface area contributed by atoms with Crippen molar-refractivity contribution in [2.24, 2.45) is 0 Å². The summed E-state index contributed by atoms with van der Waals surface area (Å²) in [5, 5.41) is 7.56. The summed E-state index contributed by atoms with van der Waals surface area (Å²) in [5.74, 6) is 1.49. The van der Waals surface area contributed by atoms with E-state index in [4.69, 9.17) is 9.47 Å². The first-order valence-electron chi connectivity index (χ1n) is 9.46. The Kier molecular flexibility index (Phi) is 8.31. The maximum atomic E-state index is 12.2. The van der Waals surface area contributed by atoms with E-state index in [2.05, 4.69) is 15.6 Å². The highest BCUT2D eigenvalue weighted by atomic mass is 32.2. The molecule has 0 aliphatic carbocycles. The lowest BCUT2D eigenvalue weighted by molar-refractivity contribution is -0.120. The molecule has 3 rings (SSSR count). The van der Waals surface area contributed by atoms with Gasteiger partial charge in [0.15, 0.2) is 4.34 Å². The van der Waals surface area contributed by atoms with Crippen molar-refractivity contribution in [3.05, 3.63) is 65.2 Å². The summed E-state index contributed by atoms with van der Waals surface area (Å²) in [6.07, 6.45) is 0.194. The zero-order chi connectivity index (χ0) is 22.1. The number of rotatable bonds is 10. The molecule has 0 aliphatic rings. The van der Waals surface area contributed by atoms with E-state index in [1.165, 1.54) is 23.1 Å². The summed E-state index contributed by atoms with van der Waals surface area (Å²) in [7, 11) is 3.20. The fourth-order valence-corrected chi connectivity index (χ4v) is 4.29. The predicted octanol–water partition coefficient (Wildman–Crippen LogP) is 3.75. The van der Waals surface area contributed by atoms with Crippen LogP contribution in [0.2, 0.25) is 0 Å². The van der Waals surface area contributed by atoms with Crippen molar-refractivity contribution in [1.29, 1.82) is 0 Å². The Bertz CT molecular complexity index is 1020. The van der Waals surface area contributed by atoms with Crippen molar-refractivity contribution >= 4 is 40.6 Å². The second-order valence-electron chi connectivity index (χ2n) is 6.48. The molecule has 3 aromatic rings. The second-order valence-corrected chi connectivity index (χ2v) is 8.56. The average Bonchev–Trinajstić information content (AvgIpc) is 3.24. The van der Waals surface area contributed by atoms with Crippen LogP contribution in [0.25, 0.3) is 0 Å². The van der Waals surface area contributed by atoms with Crippen molar-refractivity contribution in [1.82, 2.24) is 10.3 Å². The minimum atomic E-state index is -0.122. The van der Waals surface area contributed by atoms with Gasteiger partial charge in [-0.05, 0) is 42.0 Å². The number of hydrogen-bond donors (Lipinski definition) is 2. The van der Waals surface area contributed by atoms with E-state index in [0.29, 0.717) is 17.9 Å². The molecule has 0 unspecified atom stereocenters. The number of amides is 2. The number of aromatic nitrogens is 1. The molecule has 0 saturated heterocycles. The topological polar surface area (TPSA) is 89.5 Å². The van der Waals surface area contributed by atoms with Crippen LogP contribution in [0.15, 0.2) is 58.3 Å². The van der Waals surface area contributed by atoms with Gasteiger partial charge in [-0.2, -0.15) is 0 Å². The fourth-order valence-electron chi connectivity index (χ4n) is 2.64. The maximum Gasteiger partial charge on any atom is 0.234 e. The Morgan fingerprint density at radius 1 is 1.03 bits per heavy atom. The molecule has 1 heterocycles. The molecule has 0 spiro atoms. The van der Waals surface area contributed by atoms with E-state index in [0.717, 1.165) is 21.4 Å². The first-order valence-corrected chi connectivity index (χ1v) is 11.3. The van der Waals surface area contributed by atoms with E-state index < -0.39 is 0 Å². The molecule has 1 aromatic heterocycles. The van der Waals surface area contributed by atoms with Gasteiger partial charge in [-0.1, -0.05) is 23.9 Å². The molecule has 0 radical (unpaired) electrons. The van der Waals surface area contributed by atoms with Crippen LogP contribution in [0.3, 0.4) is 0 Å². The monoisotopic (exact) mass is 457 g/mol. The highest BCUT2D eigenvalue weighted by Gasteiger charge is 2.10. The molecule has 2 N–H and O–H groups in total. The lowest BCUT2D eigenvalue weighted by Crippen LogP contribution is -2.24. The van der Waals surface area contributed by atoms with Crippen LogP contribution in [0.1, 0.15) is 11.3 Å². The summed E-state index contributed by atoms with van der Waals surface area (Å²) < 4.78 is 11.0. The van der Waals surface area contributed by atoms with Gasteiger partial charge < -0.3 is 20.1 Å². The summed E-state index contributed by atoms with van der Waals surface area (Å²) in [6, 6.07) is 14.7. The Morgan fingerprint density at radius 2 is 1.81 bits per heavy atom.